The van der Waals surface area contributed by atoms with E-state index in [1.807, 2.05) is 18.2 Å². The molecular weight excluding hydrogens is 208 g/mol. The molecule has 2 aromatic heterocycles. The lowest BCUT2D eigenvalue weighted by Gasteiger charge is -1.93. The molecule has 3 rings (SSSR count). The Morgan fingerprint density at radius 2 is 1.94 bits per heavy atom. The number of fused-ring (bicyclic) bond motifs is 1. The minimum absolute atomic E-state index is 0. The molecule has 17 heavy (non-hydrogen) atoms. The number of benzene rings is 1. The van der Waals surface area contributed by atoms with Crippen LogP contribution in [-0.2, 0) is 6.54 Å². The van der Waals surface area contributed by atoms with Crippen LogP contribution in [0, 0.1) is 6.92 Å². The summed E-state index contributed by atoms with van der Waals surface area (Å²) < 4.78 is 2.16. The molecule has 0 radical (unpaired) electrons. The predicted molar refractivity (Wildman–Crippen MR) is 69.9 cm³/mol. The highest BCUT2D eigenvalue weighted by atomic mass is 14.9. The molecule has 0 unspecified atom stereocenters. The lowest BCUT2D eigenvalue weighted by molar-refractivity contribution is -0.688. The average molecular weight is 226 g/mol. The summed E-state index contributed by atoms with van der Waals surface area (Å²) in [5.41, 5.74) is 3.75. The summed E-state index contributed by atoms with van der Waals surface area (Å²) in [6.07, 6.45) is 4.16. The van der Waals surface area contributed by atoms with Gasteiger partial charge in [0, 0.05) is 17.6 Å². The van der Waals surface area contributed by atoms with E-state index in [2.05, 4.69) is 53.1 Å². The van der Waals surface area contributed by atoms with Gasteiger partial charge in [0.2, 0.25) is 0 Å². The quantitative estimate of drug-likeness (QED) is 0.648. The van der Waals surface area contributed by atoms with Crippen molar-refractivity contribution in [3.63, 3.8) is 0 Å². The molecule has 2 heteroatoms. The molecule has 0 saturated carbocycles. The monoisotopic (exact) mass is 226 g/mol. The molecule has 2 heterocycles. The summed E-state index contributed by atoms with van der Waals surface area (Å²) in [7, 11) is 0. The SMILES string of the molecule is Cc1ccc2cc(C[n+]3ccccc3)[nH]c2c1.[3H-]. The molecule has 0 fully saturated rings. The number of aromatic amines is 1. The van der Waals surface area contributed by atoms with E-state index in [4.69, 9.17) is 0 Å². The number of rotatable bonds is 2. The van der Waals surface area contributed by atoms with Gasteiger partial charge in [0.1, 0.15) is 0 Å². The van der Waals surface area contributed by atoms with E-state index in [1.165, 1.54) is 22.2 Å². The first-order valence-corrected chi connectivity index (χ1v) is 5.83. The number of pyridine rings is 1. The van der Waals surface area contributed by atoms with Gasteiger partial charge in [-0.3, -0.25) is 0 Å². The lowest BCUT2D eigenvalue weighted by Crippen LogP contribution is -2.32. The Hall–Kier alpha value is -2.09. The summed E-state index contributed by atoms with van der Waals surface area (Å²) in [6, 6.07) is 14.9. The van der Waals surface area contributed by atoms with E-state index < -0.39 is 0 Å². The molecule has 0 spiro atoms. The molecule has 86 valence electrons. The zero-order valence-electron chi connectivity index (χ0n) is 10.9. The number of hydrogen-bond acceptors (Lipinski definition) is 0. The Morgan fingerprint density at radius 1 is 1.12 bits per heavy atom. The minimum atomic E-state index is 0. The third-order valence-corrected chi connectivity index (χ3v) is 2.96. The van der Waals surface area contributed by atoms with Crippen LogP contribution >= 0.6 is 0 Å². The number of nitrogens with one attached hydrogen (secondary N) is 1. The van der Waals surface area contributed by atoms with Crippen LogP contribution in [0.2, 0.25) is 0 Å². The van der Waals surface area contributed by atoms with E-state index in [-0.39, 0.29) is 1.43 Å². The molecule has 1 N–H and O–H groups in total. The summed E-state index contributed by atoms with van der Waals surface area (Å²) in [6.45, 7) is 3.00. The highest BCUT2D eigenvalue weighted by Gasteiger charge is 2.05. The van der Waals surface area contributed by atoms with Crippen LogP contribution in [0.3, 0.4) is 0 Å². The predicted octanol–water partition coefficient (Wildman–Crippen LogP) is 2.92. The Labute approximate surface area is 102 Å². The fourth-order valence-electron chi connectivity index (χ4n) is 2.12. The van der Waals surface area contributed by atoms with Gasteiger partial charge in [0.05, 0.1) is 5.69 Å². The van der Waals surface area contributed by atoms with Crippen LogP contribution in [0.25, 0.3) is 10.9 Å². The van der Waals surface area contributed by atoms with Gasteiger partial charge < -0.3 is 6.41 Å². The Kier molecular flexibility index (Phi) is 2.41. The van der Waals surface area contributed by atoms with Crippen LogP contribution in [0.1, 0.15) is 12.7 Å². The molecule has 0 bridgehead atoms. The topological polar surface area (TPSA) is 19.7 Å². The fraction of sp³-hybridized carbons (Fsp3) is 0.133. The van der Waals surface area contributed by atoms with Crippen molar-refractivity contribution >= 4 is 10.9 Å². The number of nitrogens with zero attached hydrogens (tertiary/aromatic N) is 1. The van der Waals surface area contributed by atoms with Crippen molar-refractivity contribution in [1.82, 2.24) is 4.98 Å². The van der Waals surface area contributed by atoms with Gasteiger partial charge in [-0.2, -0.15) is 4.57 Å². The first kappa shape index (κ1) is 10.1. The molecular formula is C15H16N2. The van der Waals surface area contributed by atoms with E-state index in [0.717, 1.165) is 6.54 Å². The van der Waals surface area contributed by atoms with Gasteiger partial charge in [-0.15, -0.1) is 0 Å². The summed E-state index contributed by atoms with van der Waals surface area (Å²) in [4.78, 5) is 3.46. The summed E-state index contributed by atoms with van der Waals surface area (Å²) >= 11 is 0. The van der Waals surface area contributed by atoms with Gasteiger partial charge in [-0.05, 0) is 30.0 Å². The maximum absolute atomic E-state index is 3.46. The van der Waals surface area contributed by atoms with E-state index in [1.54, 1.807) is 0 Å². The van der Waals surface area contributed by atoms with Crippen LogP contribution in [0.15, 0.2) is 54.9 Å². The van der Waals surface area contributed by atoms with Crippen molar-refractivity contribution in [1.29, 1.82) is 0 Å². The van der Waals surface area contributed by atoms with Gasteiger partial charge in [0.25, 0.3) is 0 Å². The molecule has 3 aromatic rings. The number of H-pyrrole nitrogens is 1. The van der Waals surface area contributed by atoms with Crippen molar-refractivity contribution in [2.75, 3.05) is 0 Å². The van der Waals surface area contributed by atoms with Crippen LogP contribution in [0.4, 0.5) is 0 Å². The van der Waals surface area contributed by atoms with Crippen molar-refractivity contribution in [2.24, 2.45) is 0 Å². The number of aryl methyl sites for hydroxylation is 1. The Bertz CT molecular complexity index is 644. The minimum Gasteiger partial charge on any atom is -1.00 e. The lowest BCUT2D eigenvalue weighted by atomic mass is 10.2. The second-order valence-electron chi connectivity index (χ2n) is 4.43. The molecule has 1 aromatic carbocycles. The summed E-state index contributed by atoms with van der Waals surface area (Å²) in [5.74, 6) is 0. The van der Waals surface area contributed by atoms with E-state index >= 15 is 0 Å². The first-order chi connectivity index (χ1) is 8.31. The second-order valence-corrected chi connectivity index (χ2v) is 4.43. The second kappa shape index (κ2) is 4.06. The van der Waals surface area contributed by atoms with Crippen LogP contribution in [0.5, 0.6) is 0 Å². The zero-order chi connectivity index (χ0) is 11.7. The molecule has 0 aliphatic heterocycles. The number of hydrogen-bond donors (Lipinski definition) is 1. The molecule has 2 nitrogen and oxygen atoms in total. The standard InChI is InChI=1S/C15H15N2.H/c1-12-5-6-13-10-14(16-15(13)9-12)11-17-7-3-2-4-8-17;/h2-10,16H,11H2,1H3;/q+1;-1/i;1+2. The normalized spacial score (nSPS) is 10.9. The van der Waals surface area contributed by atoms with Crippen molar-refractivity contribution in [3.8, 4) is 0 Å². The van der Waals surface area contributed by atoms with Crippen LogP contribution in [-0.4, -0.2) is 4.98 Å². The average Bonchev–Trinajstić information content (AvgIpc) is 2.71. The third kappa shape index (κ3) is 2.07. The third-order valence-electron chi connectivity index (χ3n) is 2.96. The fourth-order valence-corrected chi connectivity index (χ4v) is 2.12. The van der Waals surface area contributed by atoms with Crippen molar-refractivity contribution in [2.45, 2.75) is 13.5 Å². The maximum Gasteiger partial charge on any atom is 0.188 e. The first-order valence-electron chi connectivity index (χ1n) is 5.83. The van der Waals surface area contributed by atoms with Gasteiger partial charge >= 0.3 is 0 Å². The molecule has 0 saturated heterocycles. The highest BCUT2D eigenvalue weighted by Crippen LogP contribution is 2.16. The molecule has 0 aliphatic rings. The largest absolute Gasteiger partial charge is 1.00 e. The van der Waals surface area contributed by atoms with Crippen molar-refractivity contribution in [3.05, 3.63) is 66.1 Å². The van der Waals surface area contributed by atoms with Crippen LogP contribution < -0.4 is 4.57 Å². The maximum atomic E-state index is 3.46. The van der Waals surface area contributed by atoms with Crippen molar-refractivity contribution < 1.29 is 5.99 Å². The van der Waals surface area contributed by atoms with E-state index in [9.17, 15) is 0 Å². The number of aromatic nitrogens is 2. The summed E-state index contributed by atoms with van der Waals surface area (Å²) in [5, 5.41) is 1.28. The Balaban J connectivity index is 0.00000120. The smallest absolute Gasteiger partial charge is 0.188 e. The zero-order valence-corrected chi connectivity index (χ0v) is 9.85. The van der Waals surface area contributed by atoms with Gasteiger partial charge in [-0.1, -0.05) is 18.2 Å². The molecule has 0 aliphatic carbocycles. The van der Waals surface area contributed by atoms with Gasteiger partial charge in [0.15, 0.2) is 18.9 Å². The molecule has 0 atom stereocenters. The Morgan fingerprint density at radius 3 is 2.76 bits per heavy atom. The highest BCUT2D eigenvalue weighted by molar-refractivity contribution is 5.80. The van der Waals surface area contributed by atoms with Gasteiger partial charge in [-0.25, -0.2) is 0 Å². The van der Waals surface area contributed by atoms with E-state index in [0.29, 0.717) is 0 Å². The molecule has 0 amide bonds.